The monoisotopic (exact) mass is 194 g/mol. The first-order valence-corrected chi connectivity index (χ1v) is 4.19. The molecule has 0 heterocycles. The first-order valence-electron chi connectivity index (χ1n) is 4.19. The SMILES string of the molecule is COCc1ccc(OC)c(C(=N)N)c1. The molecule has 0 fully saturated rings. The molecular formula is C10H14N2O2. The lowest BCUT2D eigenvalue weighted by Gasteiger charge is -2.08. The number of hydrogen-bond donors (Lipinski definition) is 2. The maximum Gasteiger partial charge on any atom is 0.129 e. The van der Waals surface area contributed by atoms with Crippen LogP contribution < -0.4 is 10.5 Å². The van der Waals surface area contributed by atoms with Crippen LogP contribution in [0.2, 0.25) is 0 Å². The van der Waals surface area contributed by atoms with Gasteiger partial charge < -0.3 is 15.2 Å². The van der Waals surface area contributed by atoms with Crippen molar-refractivity contribution in [3.63, 3.8) is 0 Å². The van der Waals surface area contributed by atoms with Gasteiger partial charge in [0.2, 0.25) is 0 Å². The Morgan fingerprint density at radius 2 is 2.14 bits per heavy atom. The van der Waals surface area contributed by atoms with Gasteiger partial charge in [0.05, 0.1) is 19.3 Å². The summed E-state index contributed by atoms with van der Waals surface area (Å²) in [6.07, 6.45) is 0. The number of nitrogen functional groups attached to an aromatic ring is 1. The zero-order valence-corrected chi connectivity index (χ0v) is 8.33. The summed E-state index contributed by atoms with van der Waals surface area (Å²) < 4.78 is 10.1. The van der Waals surface area contributed by atoms with Gasteiger partial charge in [0.1, 0.15) is 11.6 Å². The lowest BCUT2D eigenvalue weighted by Crippen LogP contribution is -2.13. The van der Waals surface area contributed by atoms with E-state index in [0.717, 1.165) is 5.56 Å². The van der Waals surface area contributed by atoms with Crippen LogP contribution in [0.1, 0.15) is 11.1 Å². The smallest absolute Gasteiger partial charge is 0.129 e. The summed E-state index contributed by atoms with van der Waals surface area (Å²) in [5.74, 6) is 0.608. The minimum absolute atomic E-state index is 0.000182. The van der Waals surface area contributed by atoms with E-state index in [2.05, 4.69) is 0 Å². The number of ether oxygens (including phenoxy) is 2. The van der Waals surface area contributed by atoms with Crippen LogP contribution in [0.5, 0.6) is 5.75 Å². The third-order valence-corrected chi connectivity index (χ3v) is 1.87. The van der Waals surface area contributed by atoms with Crippen molar-refractivity contribution in [1.29, 1.82) is 5.41 Å². The van der Waals surface area contributed by atoms with Gasteiger partial charge in [-0.05, 0) is 17.7 Å². The zero-order chi connectivity index (χ0) is 10.6. The van der Waals surface area contributed by atoms with Gasteiger partial charge in [-0.1, -0.05) is 6.07 Å². The van der Waals surface area contributed by atoms with Crippen LogP contribution in [0, 0.1) is 5.41 Å². The van der Waals surface area contributed by atoms with E-state index in [1.807, 2.05) is 6.07 Å². The fourth-order valence-electron chi connectivity index (χ4n) is 1.22. The molecule has 14 heavy (non-hydrogen) atoms. The van der Waals surface area contributed by atoms with E-state index in [1.165, 1.54) is 0 Å². The van der Waals surface area contributed by atoms with Crippen molar-refractivity contribution in [2.45, 2.75) is 6.61 Å². The van der Waals surface area contributed by atoms with Crippen LogP contribution in [-0.2, 0) is 11.3 Å². The Morgan fingerprint density at radius 1 is 1.43 bits per heavy atom. The number of nitrogens with two attached hydrogens (primary N) is 1. The number of rotatable bonds is 4. The minimum atomic E-state index is -0.000182. The number of benzene rings is 1. The highest BCUT2D eigenvalue weighted by molar-refractivity contribution is 5.97. The summed E-state index contributed by atoms with van der Waals surface area (Å²) in [6, 6.07) is 5.46. The molecule has 0 atom stereocenters. The Morgan fingerprint density at radius 3 is 2.64 bits per heavy atom. The number of amidine groups is 1. The molecule has 1 rings (SSSR count). The Balaban J connectivity index is 3.07. The fourth-order valence-corrected chi connectivity index (χ4v) is 1.22. The van der Waals surface area contributed by atoms with E-state index < -0.39 is 0 Å². The molecule has 1 aromatic carbocycles. The summed E-state index contributed by atoms with van der Waals surface area (Å²) in [5, 5.41) is 7.37. The van der Waals surface area contributed by atoms with Gasteiger partial charge >= 0.3 is 0 Å². The van der Waals surface area contributed by atoms with E-state index in [0.29, 0.717) is 17.9 Å². The van der Waals surface area contributed by atoms with E-state index >= 15 is 0 Å². The standard InChI is InChI=1S/C10H14N2O2/c1-13-6-7-3-4-9(14-2)8(5-7)10(11)12/h3-5H,6H2,1-2H3,(H3,11,12). The fraction of sp³-hybridized carbons (Fsp3) is 0.300. The van der Waals surface area contributed by atoms with Gasteiger partial charge in [-0.15, -0.1) is 0 Å². The van der Waals surface area contributed by atoms with Crippen LogP contribution in [0.25, 0.3) is 0 Å². The second-order valence-electron chi connectivity index (χ2n) is 2.88. The molecule has 0 bridgehead atoms. The average Bonchev–Trinajstić information content (AvgIpc) is 2.18. The summed E-state index contributed by atoms with van der Waals surface area (Å²) in [6.45, 7) is 0.504. The molecule has 0 aliphatic rings. The van der Waals surface area contributed by atoms with E-state index in [9.17, 15) is 0 Å². The van der Waals surface area contributed by atoms with Gasteiger partial charge in [-0.25, -0.2) is 0 Å². The van der Waals surface area contributed by atoms with Crippen LogP contribution in [0.3, 0.4) is 0 Å². The maximum absolute atomic E-state index is 7.37. The minimum Gasteiger partial charge on any atom is -0.496 e. The molecule has 0 spiro atoms. The predicted molar refractivity (Wildman–Crippen MR) is 54.7 cm³/mol. The van der Waals surface area contributed by atoms with Crippen molar-refractivity contribution < 1.29 is 9.47 Å². The lowest BCUT2D eigenvalue weighted by molar-refractivity contribution is 0.185. The Hall–Kier alpha value is -1.55. The third kappa shape index (κ3) is 2.23. The largest absolute Gasteiger partial charge is 0.496 e. The quantitative estimate of drug-likeness (QED) is 0.557. The van der Waals surface area contributed by atoms with Crippen molar-refractivity contribution in [3.8, 4) is 5.75 Å². The van der Waals surface area contributed by atoms with Gasteiger partial charge in [-0.2, -0.15) is 0 Å². The van der Waals surface area contributed by atoms with Crippen LogP contribution in [0.15, 0.2) is 18.2 Å². The van der Waals surface area contributed by atoms with Gasteiger partial charge in [0.25, 0.3) is 0 Å². The molecule has 76 valence electrons. The average molecular weight is 194 g/mol. The van der Waals surface area contributed by atoms with Gasteiger partial charge in [0, 0.05) is 7.11 Å². The summed E-state index contributed by atoms with van der Waals surface area (Å²) >= 11 is 0. The van der Waals surface area contributed by atoms with Crippen LogP contribution >= 0.6 is 0 Å². The molecule has 0 aromatic heterocycles. The second kappa shape index (κ2) is 4.62. The Bertz CT molecular complexity index is 337. The second-order valence-corrected chi connectivity index (χ2v) is 2.88. The Labute approximate surface area is 83.1 Å². The highest BCUT2D eigenvalue weighted by Crippen LogP contribution is 2.19. The first kappa shape index (κ1) is 10.5. The molecular weight excluding hydrogens is 180 g/mol. The zero-order valence-electron chi connectivity index (χ0n) is 8.33. The molecule has 0 amide bonds. The molecule has 0 saturated heterocycles. The predicted octanol–water partition coefficient (Wildman–Crippen LogP) is 1.13. The highest BCUT2D eigenvalue weighted by Gasteiger charge is 2.06. The van der Waals surface area contributed by atoms with Crippen molar-refractivity contribution in [2.75, 3.05) is 14.2 Å². The highest BCUT2D eigenvalue weighted by atomic mass is 16.5. The molecule has 4 heteroatoms. The third-order valence-electron chi connectivity index (χ3n) is 1.87. The molecule has 4 nitrogen and oxygen atoms in total. The van der Waals surface area contributed by atoms with Crippen molar-refractivity contribution in [2.24, 2.45) is 5.73 Å². The number of hydrogen-bond acceptors (Lipinski definition) is 3. The first-order chi connectivity index (χ1) is 6.69. The molecule has 0 unspecified atom stereocenters. The molecule has 0 radical (unpaired) electrons. The topological polar surface area (TPSA) is 68.3 Å². The van der Waals surface area contributed by atoms with Crippen LogP contribution in [-0.4, -0.2) is 20.1 Å². The molecule has 3 N–H and O–H groups in total. The van der Waals surface area contributed by atoms with Crippen LogP contribution in [0.4, 0.5) is 0 Å². The lowest BCUT2D eigenvalue weighted by atomic mass is 10.1. The summed E-state index contributed by atoms with van der Waals surface area (Å²) in [4.78, 5) is 0. The van der Waals surface area contributed by atoms with E-state index in [4.69, 9.17) is 20.6 Å². The Kier molecular flexibility index (Phi) is 3.48. The maximum atomic E-state index is 7.37. The van der Waals surface area contributed by atoms with Crippen molar-refractivity contribution in [1.82, 2.24) is 0 Å². The summed E-state index contributed by atoms with van der Waals surface area (Å²) in [7, 11) is 3.18. The van der Waals surface area contributed by atoms with Crippen molar-refractivity contribution in [3.05, 3.63) is 29.3 Å². The normalized spacial score (nSPS) is 9.86. The van der Waals surface area contributed by atoms with Crippen molar-refractivity contribution >= 4 is 5.84 Å². The molecule has 0 saturated carbocycles. The molecule has 0 aliphatic carbocycles. The van der Waals surface area contributed by atoms with Gasteiger partial charge in [0.15, 0.2) is 0 Å². The van der Waals surface area contributed by atoms with E-state index in [-0.39, 0.29) is 5.84 Å². The van der Waals surface area contributed by atoms with Gasteiger partial charge in [-0.3, -0.25) is 5.41 Å². The molecule has 0 aliphatic heterocycles. The number of nitrogens with one attached hydrogen (secondary N) is 1. The molecule has 1 aromatic rings. The number of methoxy groups -OCH3 is 2. The summed E-state index contributed by atoms with van der Waals surface area (Å²) in [5.41, 5.74) is 6.99. The van der Waals surface area contributed by atoms with E-state index in [1.54, 1.807) is 26.4 Å².